The summed E-state index contributed by atoms with van der Waals surface area (Å²) < 4.78 is 16.6. The van der Waals surface area contributed by atoms with Crippen LogP contribution in [-0.4, -0.2) is 37.2 Å². The van der Waals surface area contributed by atoms with E-state index >= 15 is 0 Å². The highest BCUT2D eigenvalue weighted by atomic mass is 16.6. The first-order valence-electron chi connectivity index (χ1n) is 25.4. The molecule has 0 fully saturated rings. The molecule has 6 heteroatoms. The van der Waals surface area contributed by atoms with Crippen LogP contribution in [0.25, 0.3) is 0 Å². The maximum Gasteiger partial charge on any atom is 0.306 e. The smallest absolute Gasteiger partial charge is 0.306 e. The first kappa shape index (κ1) is 59.1. The normalized spacial score (nSPS) is 13.0. The lowest BCUT2D eigenvalue weighted by Gasteiger charge is -2.18. The molecule has 0 aliphatic heterocycles. The van der Waals surface area contributed by atoms with E-state index in [-0.39, 0.29) is 37.5 Å². The number of hydrogen-bond donors (Lipinski definition) is 0. The van der Waals surface area contributed by atoms with E-state index in [2.05, 4.69) is 118 Å². The molecule has 0 saturated carbocycles. The van der Waals surface area contributed by atoms with Gasteiger partial charge in [0, 0.05) is 19.3 Å². The SMILES string of the molecule is CC/C=C\C/C=C\C/C=C\C/C=C\C/C=C\C/C=C\CCC(=O)OCC(COC(=O)CCCC/C=C\C/C=C\CC)OC(=O)CCCCCCCCC/C=C\CCCCCCCC. The fourth-order valence-corrected chi connectivity index (χ4v) is 6.50. The lowest BCUT2D eigenvalue weighted by atomic mass is 10.1. The molecule has 0 aromatic carbocycles. The van der Waals surface area contributed by atoms with E-state index in [1.54, 1.807) is 0 Å². The molecule has 63 heavy (non-hydrogen) atoms. The Hall–Kier alpha value is -3.93. The van der Waals surface area contributed by atoms with Crippen molar-refractivity contribution in [3.63, 3.8) is 0 Å². The standard InChI is InChI=1S/C57H92O6/c1-4-7-10-13-16-19-21-23-25-27-28-30-31-33-35-38-41-44-47-50-56(59)62-53-54(52-61-55(58)49-46-43-40-37-18-15-12-9-6-3)63-57(60)51-48-45-42-39-36-34-32-29-26-24-22-20-17-14-11-8-5-2/h7,9-10,12,16,18-19,23-26,28,30,33,35,37,41,44,54H,4-6,8,11,13-15,17,20-22,27,29,31-32,34,36,38-40,42-43,45-53H2,1-3H3/b10-7-,12-9-,19-16-,25-23-,26-24-,30-28-,35-33-,37-18-,44-41-. The highest BCUT2D eigenvalue weighted by molar-refractivity contribution is 5.71. The minimum atomic E-state index is -0.824. The van der Waals surface area contributed by atoms with E-state index in [1.807, 2.05) is 12.2 Å². The molecule has 1 unspecified atom stereocenters. The molecule has 0 bridgehead atoms. The van der Waals surface area contributed by atoms with Gasteiger partial charge in [0.25, 0.3) is 0 Å². The van der Waals surface area contributed by atoms with Crippen LogP contribution in [0.3, 0.4) is 0 Å². The van der Waals surface area contributed by atoms with Crippen molar-refractivity contribution in [1.29, 1.82) is 0 Å². The van der Waals surface area contributed by atoms with Crippen molar-refractivity contribution in [1.82, 2.24) is 0 Å². The van der Waals surface area contributed by atoms with Gasteiger partial charge in [-0.1, -0.05) is 194 Å². The number of allylic oxidation sites excluding steroid dienone is 18. The molecule has 0 spiro atoms. The van der Waals surface area contributed by atoms with Crippen molar-refractivity contribution in [2.75, 3.05) is 13.2 Å². The fourth-order valence-electron chi connectivity index (χ4n) is 6.50. The Morgan fingerprint density at radius 3 is 1.11 bits per heavy atom. The Bertz CT molecular complexity index is 1330. The minimum Gasteiger partial charge on any atom is -0.462 e. The lowest BCUT2D eigenvalue weighted by molar-refractivity contribution is -0.166. The van der Waals surface area contributed by atoms with Crippen LogP contribution in [0.2, 0.25) is 0 Å². The van der Waals surface area contributed by atoms with Gasteiger partial charge in [-0.15, -0.1) is 0 Å². The second-order valence-electron chi connectivity index (χ2n) is 16.3. The number of ether oxygens (including phenoxy) is 3. The van der Waals surface area contributed by atoms with E-state index < -0.39 is 6.10 Å². The van der Waals surface area contributed by atoms with E-state index in [0.29, 0.717) is 19.3 Å². The Labute approximate surface area is 387 Å². The summed E-state index contributed by atoms with van der Waals surface area (Å²) in [5.41, 5.74) is 0. The average molecular weight is 873 g/mol. The first-order valence-corrected chi connectivity index (χ1v) is 25.4. The molecule has 0 amide bonds. The maximum atomic E-state index is 12.8. The van der Waals surface area contributed by atoms with Crippen LogP contribution in [0.5, 0.6) is 0 Å². The summed E-state index contributed by atoms with van der Waals surface area (Å²) in [5.74, 6) is -1.05. The fraction of sp³-hybridized carbons (Fsp3) is 0.632. The van der Waals surface area contributed by atoms with Crippen molar-refractivity contribution in [3.8, 4) is 0 Å². The second kappa shape index (κ2) is 50.7. The molecule has 356 valence electrons. The minimum absolute atomic E-state index is 0.122. The molecule has 0 saturated heterocycles. The predicted molar refractivity (Wildman–Crippen MR) is 270 cm³/mol. The maximum absolute atomic E-state index is 12.8. The molecule has 0 radical (unpaired) electrons. The third-order valence-corrected chi connectivity index (χ3v) is 10.3. The molecular formula is C57H92O6. The first-order chi connectivity index (χ1) is 31.0. The van der Waals surface area contributed by atoms with Crippen LogP contribution in [0.1, 0.15) is 213 Å². The molecule has 0 heterocycles. The second-order valence-corrected chi connectivity index (χ2v) is 16.3. The summed E-state index contributed by atoms with van der Waals surface area (Å²) in [6.07, 6.45) is 68.1. The highest BCUT2D eigenvalue weighted by Gasteiger charge is 2.19. The van der Waals surface area contributed by atoms with Crippen LogP contribution in [0.15, 0.2) is 109 Å². The third kappa shape index (κ3) is 49.0. The molecule has 0 aromatic heterocycles. The Morgan fingerprint density at radius 1 is 0.333 bits per heavy atom. The van der Waals surface area contributed by atoms with Crippen molar-refractivity contribution >= 4 is 17.9 Å². The van der Waals surface area contributed by atoms with Gasteiger partial charge in [0.05, 0.1) is 0 Å². The highest BCUT2D eigenvalue weighted by Crippen LogP contribution is 2.13. The van der Waals surface area contributed by atoms with Gasteiger partial charge in [-0.2, -0.15) is 0 Å². The topological polar surface area (TPSA) is 78.9 Å². The Balaban J connectivity index is 4.48. The van der Waals surface area contributed by atoms with Gasteiger partial charge in [0.1, 0.15) is 13.2 Å². The van der Waals surface area contributed by atoms with Gasteiger partial charge in [-0.3, -0.25) is 14.4 Å². The van der Waals surface area contributed by atoms with Gasteiger partial charge in [-0.05, 0) is 109 Å². The molecular weight excluding hydrogens is 781 g/mol. The van der Waals surface area contributed by atoms with E-state index in [1.165, 1.54) is 77.0 Å². The van der Waals surface area contributed by atoms with Crippen molar-refractivity contribution in [3.05, 3.63) is 109 Å². The summed E-state index contributed by atoms with van der Waals surface area (Å²) in [5, 5.41) is 0. The van der Waals surface area contributed by atoms with Crippen LogP contribution in [-0.2, 0) is 28.6 Å². The molecule has 0 N–H and O–H groups in total. The van der Waals surface area contributed by atoms with Crippen molar-refractivity contribution < 1.29 is 28.6 Å². The predicted octanol–water partition coefficient (Wildman–Crippen LogP) is 16.8. The van der Waals surface area contributed by atoms with Crippen molar-refractivity contribution in [2.24, 2.45) is 0 Å². The number of rotatable bonds is 44. The molecule has 0 aromatic rings. The lowest BCUT2D eigenvalue weighted by Crippen LogP contribution is -2.30. The van der Waals surface area contributed by atoms with E-state index in [0.717, 1.165) is 89.9 Å². The van der Waals surface area contributed by atoms with Gasteiger partial charge in [0.2, 0.25) is 0 Å². The zero-order chi connectivity index (χ0) is 45.8. The van der Waals surface area contributed by atoms with Crippen LogP contribution < -0.4 is 0 Å². The zero-order valence-corrected chi connectivity index (χ0v) is 40.5. The molecule has 1 atom stereocenters. The number of unbranched alkanes of at least 4 members (excludes halogenated alkanes) is 15. The quantitative estimate of drug-likeness (QED) is 0.0263. The molecule has 0 aliphatic carbocycles. The number of carbonyl (C=O) groups is 3. The molecule has 0 aliphatic rings. The average Bonchev–Trinajstić information content (AvgIpc) is 3.28. The third-order valence-electron chi connectivity index (χ3n) is 10.3. The zero-order valence-electron chi connectivity index (χ0n) is 40.5. The van der Waals surface area contributed by atoms with Crippen LogP contribution >= 0.6 is 0 Å². The van der Waals surface area contributed by atoms with E-state index in [9.17, 15) is 14.4 Å². The summed E-state index contributed by atoms with van der Waals surface area (Å²) >= 11 is 0. The summed E-state index contributed by atoms with van der Waals surface area (Å²) in [4.78, 5) is 37.8. The van der Waals surface area contributed by atoms with Gasteiger partial charge in [-0.25, -0.2) is 0 Å². The van der Waals surface area contributed by atoms with Gasteiger partial charge >= 0.3 is 17.9 Å². The number of esters is 3. The summed E-state index contributed by atoms with van der Waals surface area (Å²) in [6.45, 7) is 6.28. The van der Waals surface area contributed by atoms with Gasteiger partial charge < -0.3 is 14.2 Å². The van der Waals surface area contributed by atoms with Crippen LogP contribution in [0, 0.1) is 0 Å². The number of hydrogen-bond acceptors (Lipinski definition) is 6. The Morgan fingerprint density at radius 2 is 0.651 bits per heavy atom. The number of carbonyl (C=O) groups excluding carboxylic acids is 3. The Kier molecular flexibility index (Phi) is 47.5. The van der Waals surface area contributed by atoms with Gasteiger partial charge in [0.15, 0.2) is 6.10 Å². The largest absolute Gasteiger partial charge is 0.462 e. The van der Waals surface area contributed by atoms with Crippen LogP contribution in [0.4, 0.5) is 0 Å². The van der Waals surface area contributed by atoms with E-state index in [4.69, 9.17) is 14.2 Å². The summed E-state index contributed by atoms with van der Waals surface area (Å²) in [7, 11) is 0. The molecule has 6 nitrogen and oxygen atoms in total. The summed E-state index contributed by atoms with van der Waals surface area (Å²) in [6, 6.07) is 0. The molecule has 0 rings (SSSR count). The monoisotopic (exact) mass is 873 g/mol. The van der Waals surface area contributed by atoms with Crippen molar-refractivity contribution in [2.45, 2.75) is 219 Å².